The van der Waals surface area contributed by atoms with Crippen molar-refractivity contribution < 1.29 is 24.8 Å². The van der Waals surface area contributed by atoms with E-state index >= 15 is 0 Å². The van der Waals surface area contributed by atoms with Gasteiger partial charge in [0.15, 0.2) is 6.29 Å². The zero-order chi connectivity index (χ0) is 21.8. The fourth-order valence-corrected chi connectivity index (χ4v) is 5.43. The first-order valence-corrected chi connectivity index (χ1v) is 11.5. The van der Waals surface area contributed by atoms with E-state index in [1.165, 1.54) is 23.1 Å². The maximum absolute atomic E-state index is 10.2. The smallest absolute Gasteiger partial charge is 0.186 e. The predicted molar refractivity (Wildman–Crippen MR) is 118 cm³/mol. The summed E-state index contributed by atoms with van der Waals surface area (Å²) in [5, 5.41) is 29.9. The quantitative estimate of drug-likeness (QED) is 0.547. The van der Waals surface area contributed by atoms with E-state index in [0.29, 0.717) is 30.3 Å². The molecule has 0 bridgehead atoms. The van der Waals surface area contributed by atoms with Crippen molar-refractivity contribution in [2.45, 2.75) is 83.9 Å². The summed E-state index contributed by atoms with van der Waals surface area (Å²) in [4.78, 5) is 0. The van der Waals surface area contributed by atoms with Gasteiger partial charge in [-0.2, -0.15) is 0 Å². The highest BCUT2D eigenvalue weighted by Crippen LogP contribution is 2.48. The first-order chi connectivity index (χ1) is 14.3. The number of ether oxygens (including phenoxy) is 2. The molecule has 3 rings (SSSR count). The summed E-state index contributed by atoms with van der Waals surface area (Å²) >= 11 is 0. The molecule has 1 saturated heterocycles. The lowest BCUT2D eigenvalue weighted by molar-refractivity contribution is -0.274. The molecule has 30 heavy (non-hydrogen) atoms. The van der Waals surface area contributed by atoms with Crippen molar-refractivity contribution in [2.75, 3.05) is 13.2 Å². The second kappa shape index (κ2) is 10.6. The molecule has 0 radical (unpaired) electrons. The Morgan fingerprint density at radius 1 is 1.23 bits per heavy atom. The van der Waals surface area contributed by atoms with Gasteiger partial charge in [0.05, 0.1) is 13.2 Å². The van der Waals surface area contributed by atoms with Crippen molar-refractivity contribution in [1.82, 2.24) is 0 Å². The first kappa shape index (κ1) is 23.7. The van der Waals surface area contributed by atoms with Crippen LogP contribution >= 0.6 is 0 Å². The number of aliphatic hydroxyl groups is 3. The number of allylic oxidation sites excluding steroid dienone is 5. The Hall–Kier alpha value is -0.980. The molecule has 2 fully saturated rings. The van der Waals surface area contributed by atoms with Gasteiger partial charge in [0.2, 0.25) is 0 Å². The monoisotopic (exact) mass is 420 g/mol. The van der Waals surface area contributed by atoms with E-state index < -0.39 is 24.6 Å². The van der Waals surface area contributed by atoms with E-state index in [9.17, 15) is 15.3 Å². The minimum atomic E-state index is -1.24. The van der Waals surface area contributed by atoms with Gasteiger partial charge in [0.25, 0.3) is 0 Å². The van der Waals surface area contributed by atoms with Crippen molar-refractivity contribution in [3.8, 4) is 0 Å². The average Bonchev–Trinajstić information content (AvgIpc) is 2.70. The van der Waals surface area contributed by atoms with Crippen molar-refractivity contribution >= 4 is 0 Å². The average molecular weight is 421 g/mol. The fourth-order valence-electron chi connectivity index (χ4n) is 5.43. The van der Waals surface area contributed by atoms with Gasteiger partial charge in [0.1, 0.15) is 18.3 Å². The number of hydrogen-bond donors (Lipinski definition) is 3. The van der Waals surface area contributed by atoms with Crippen LogP contribution in [0.25, 0.3) is 0 Å². The molecule has 5 heteroatoms. The maximum atomic E-state index is 10.2. The lowest BCUT2D eigenvalue weighted by Crippen LogP contribution is -2.54. The standard InChI is InChI=1S/C25H40O5/c1-15(2)6-5-7-18(13-29-25-24(28)23(27)22(26)14-30-25)20-11-9-17(4)19-10-8-16(3)12-21(19)20/h6,12,18-28H,4-5,7-11,13-14H2,1-3H3/t18?,19-,20+,21-,22+,23-,24+,25+/m1/s1. The van der Waals surface area contributed by atoms with Crippen LogP contribution in [0.1, 0.15) is 59.3 Å². The van der Waals surface area contributed by atoms with Crippen LogP contribution in [0.15, 0.2) is 35.5 Å². The highest BCUT2D eigenvalue weighted by atomic mass is 16.7. The van der Waals surface area contributed by atoms with Gasteiger partial charge < -0.3 is 24.8 Å². The molecular weight excluding hydrogens is 380 g/mol. The summed E-state index contributed by atoms with van der Waals surface area (Å²) in [6.07, 6.45) is 6.88. The number of fused-ring (bicyclic) bond motifs is 1. The van der Waals surface area contributed by atoms with E-state index in [-0.39, 0.29) is 6.61 Å². The van der Waals surface area contributed by atoms with Crippen LogP contribution in [-0.4, -0.2) is 53.1 Å². The Bertz CT molecular complexity index is 650. The van der Waals surface area contributed by atoms with Crippen LogP contribution in [0.4, 0.5) is 0 Å². The first-order valence-electron chi connectivity index (χ1n) is 11.5. The number of rotatable bonds is 7. The van der Waals surface area contributed by atoms with Crippen molar-refractivity contribution in [2.24, 2.45) is 23.7 Å². The zero-order valence-corrected chi connectivity index (χ0v) is 18.8. The van der Waals surface area contributed by atoms with Crippen LogP contribution in [0.3, 0.4) is 0 Å². The molecule has 1 aliphatic heterocycles. The molecule has 0 spiro atoms. The Labute approximate surface area is 181 Å². The van der Waals surface area contributed by atoms with Gasteiger partial charge >= 0.3 is 0 Å². The van der Waals surface area contributed by atoms with Crippen LogP contribution < -0.4 is 0 Å². The van der Waals surface area contributed by atoms with E-state index in [4.69, 9.17) is 9.47 Å². The van der Waals surface area contributed by atoms with E-state index in [1.807, 2.05) is 0 Å². The molecule has 8 atom stereocenters. The van der Waals surface area contributed by atoms with E-state index in [0.717, 1.165) is 32.1 Å². The fraction of sp³-hybridized carbons (Fsp3) is 0.760. The maximum Gasteiger partial charge on any atom is 0.186 e. The Morgan fingerprint density at radius 3 is 2.73 bits per heavy atom. The molecule has 3 N–H and O–H groups in total. The van der Waals surface area contributed by atoms with Crippen molar-refractivity contribution in [3.05, 3.63) is 35.5 Å². The lowest BCUT2D eigenvalue weighted by Gasteiger charge is -2.45. The van der Waals surface area contributed by atoms with Gasteiger partial charge in [-0.25, -0.2) is 0 Å². The lowest BCUT2D eigenvalue weighted by atomic mass is 9.61. The highest BCUT2D eigenvalue weighted by molar-refractivity contribution is 5.19. The topological polar surface area (TPSA) is 79.2 Å². The third-order valence-corrected chi connectivity index (χ3v) is 7.23. The predicted octanol–water partition coefficient (Wildman–Crippen LogP) is 3.74. The minimum Gasteiger partial charge on any atom is -0.388 e. The third kappa shape index (κ3) is 5.63. The Balaban J connectivity index is 1.72. The highest BCUT2D eigenvalue weighted by Gasteiger charge is 2.41. The third-order valence-electron chi connectivity index (χ3n) is 7.23. The second-order valence-corrected chi connectivity index (χ2v) is 9.80. The minimum absolute atomic E-state index is 0.0266. The van der Waals surface area contributed by atoms with Crippen molar-refractivity contribution in [1.29, 1.82) is 0 Å². The Kier molecular flexibility index (Phi) is 8.33. The van der Waals surface area contributed by atoms with Crippen LogP contribution in [0, 0.1) is 23.7 Å². The summed E-state index contributed by atoms with van der Waals surface area (Å²) in [6.45, 7) is 11.3. The number of hydrogen-bond acceptors (Lipinski definition) is 5. The molecule has 1 heterocycles. The van der Waals surface area contributed by atoms with Gasteiger partial charge in [-0.15, -0.1) is 0 Å². The van der Waals surface area contributed by atoms with E-state index in [1.54, 1.807) is 0 Å². The van der Waals surface area contributed by atoms with Gasteiger partial charge in [0, 0.05) is 0 Å². The molecule has 1 unspecified atom stereocenters. The zero-order valence-electron chi connectivity index (χ0n) is 18.8. The molecule has 5 nitrogen and oxygen atoms in total. The van der Waals surface area contributed by atoms with Gasteiger partial charge in [-0.3, -0.25) is 0 Å². The normalized spacial score (nSPS) is 37.9. The number of aliphatic hydroxyl groups excluding tert-OH is 3. The summed E-state index contributed by atoms with van der Waals surface area (Å²) < 4.78 is 11.5. The summed E-state index contributed by atoms with van der Waals surface area (Å²) in [7, 11) is 0. The van der Waals surface area contributed by atoms with Crippen LogP contribution in [-0.2, 0) is 9.47 Å². The Morgan fingerprint density at radius 2 is 2.00 bits per heavy atom. The molecule has 3 aliphatic rings. The van der Waals surface area contributed by atoms with E-state index in [2.05, 4.69) is 39.5 Å². The molecular formula is C25H40O5. The molecule has 0 amide bonds. The molecule has 1 saturated carbocycles. The largest absolute Gasteiger partial charge is 0.388 e. The van der Waals surface area contributed by atoms with Crippen molar-refractivity contribution in [3.63, 3.8) is 0 Å². The van der Waals surface area contributed by atoms with Gasteiger partial charge in [-0.1, -0.05) is 35.5 Å². The molecule has 170 valence electrons. The molecule has 0 aromatic rings. The van der Waals surface area contributed by atoms with Crippen LogP contribution in [0.5, 0.6) is 0 Å². The summed E-state index contributed by atoms with van der Waals surface area (Å²) in [6, 6.07) is 0. The molecule has 2 aliphatic carbocycles. The SMILES string of the molecule is C=C1CC[C@@H](C(CCC=C(C)C)CO[C@H]2OC[C@H](O)[C@@H](O)[C@@H]2O)[C@@H]2C=C(C)CC[C@H]12. The second-order valence-electron chi connectivity index (χ2n) is 9.80. The van der Waals surface area contributed by atoms with Crippen LogP contribution in [0.2, 0.25) is 0 Å². The molecule has 0 aromatic heterocycles. The summed E-state index contributed by atoms with van der Waals surface area (Å²) in [5.74, 6) is 1.91. The van der Waals surface area contributed by atoms with Gasteiger partial charge in [-0.05, 0) is 83.0 Å². The summed E-state index contributed by atoms with van der Waals surface area (Å²) in [5.41, 5.74) is 4.19. The molecule has 0 aromatic carbocycles.